The second-order valence-electron chi connectivity index (χ2n) is 1.60. The Labute approximate surface area is 52.0 Å². The average Bonchev–Trinajstić information content (AvgIpc) is 1.83. The zero-order chi connectivity index (χ0) is 6.41. The number of allylic oxidation sites excluding steroid dienone is 4. The topological polar surface area (TPSA) is 0 Å². The van der Waals surface area contributed by atoms with E-state index in [0.717, 1.165) is 5.57 Å². The normalized spacial score (nSPS) is 12.4. The van der Waals surface area contributed by atoms with E-state index >= 15 is 0 Å². The molecule has 0 aromatic heterocycles. The summed E-state index contributed by atoms with van der Waals surface area (Å²) in [6.45, 7) is 3.93. The molecule has 0 saturated heterocycles. The van der Waals surface area contributed by atoms with Crippen LogP contribution >= 0.6 is 0 Å². The van der Waals surface area contributed by atoms with Crippen molar-refractivity contribution in [1.29, 1.82) is 0 Å². The molecule has 1 heteroatoms. The van der Waals surface area contributed by atoms with Crippen LogP contribution in [0.1, 0.15) is 13.8 Å². The minimum absolute atomic E-state index is 1.09. The summed E-state index contributed by atoms with van der Waals surface area (Å²) in [5, 5.41) is 0. The molecule has 0 fully saturated rings. The van der Waals surface area contributed by atoms with Crippen LogP contribution in [0, 0.1) is 0 Å². The molecule has 1 radical (unpaired) electrons. The van der Waals surface area contributed by atoms with Crippen LogP contribution in [0.3, 0.4) is 0 Å². The summed E-state index contributed by atoms with van der Waals surface area (Å²) in [6, 6.07) is 0. The van der Waals surface area contributed by atoms with Gasteiger partial charge in [0.05, 0.1) is 0 Å². The van der Waals surface area contributed by atoms with E-state index in [0.29, 0.717) is 0 Å². The van der Waals surface area contributed by atoms with Gasteiger partial charge in [0.25, 0.3) is 0 Å². The van der Waals surface area contributed by atoms with Gasteiger partial charge in [-0.1, -0.05) is 0 Å². The molecular formula is C7H10B. The molecule has 0 amide bonds. The van der Waals surface area contributed by atoms with Crippen LogP contribution in [0.25, 0.3) is 0 Å². The van der Waals surface area contributed by atoms with Crippen LogP contribution in [0.15, 0.2) is 23.8 Å². The maximum atomic E-state index is 5.19. The summed E-state index contributed by atoms with van der Waals surface area (Å²) in [7, 11) is 5.19. The molecule has 41 valence electrons. The molecule has 0 bridgehead atoms. The van der Waals surface area contributed by atoms with Gasteiger partial charge < -0.3 is 0 Å². The fourth-order valence-electron chi connectivity index (χ4n) is 0.304. The van der Waals surface area contributed by atoms with Gasteiger partial charge >= 0.3 is 51.1 Å². The molecule has 0 aromatic rings. The van der Waals surface area contributed by atoms with E-state index in [-0.39, 0.29) is 0 Å². The minimum atomic E-state index is 1.09. The first-order chi connectivity index (χ1) is 3.81. The zero-order valence-corrected chi connectivity index (χ0v) is 5.39. The van der Waals surface area contributed by atoms with Gasteiger partial charge in [0.2, 0.25) is 0 Å². The first-order valence-corrected chi connectivity index (χ1v) is 2.65. The van der Waals surface area contributed by atoms with Gasteiger partial charge in [0.15, 0.2) is 0 Å². The molecule has 0 rings (SSSR count). The van der Waals surface area contributed by atoms with E-state index in [1.165, 1.54) is 0 Å². The predicted octanol–water partition coefficient (Wildman–Crippen LogP) is 1.48. The first kappa shape index (κ1) is 7.41. The monoisotopic (exact) mass is 105 g/mol. The van der Waals surface area contributed by atoms with Crippen LogP contribution in [0.2, 0.25) is 0 Å². The Hall–Kier alpha value is -0.585. The van der Waals surface area contributed by atoms with Crippen molar-refractivity contribution in [2.75, 3.05) is 0 Å². The van der Waals surface area contributed by atoms with Crippen molar-refractivity contribution in [1.82, 2.24) is 0 Å². The van der Waals surface area contributed by atoms with Crippen molar-refractivity contribution in [2.45, 2.75) is 13.8 Å². The summed E-state index contributed by atoms with van der Waals surface area (Å²) in [5.74, 6) is 1.58. The van der Waals surface area contributed by atoms with Crippen LogP contribution in [-0.2, 0) is 0 Å². The third-order valence-electron chi connectivity index (χ3n) is 0.814. The number of hydrogen-bond donors (Lipinski definition) is 0. The Morgan fingerprint density at radius 3 is 2.50 bits per heavy atom. The van der Waals surface area contributed by atoms with Gasteiger partial charge in [-0.3, -0.25) is 0 Å². The van der Waals surface area contributed by atoms with Gasteiger partial charge in [-0.05, 0) is 0 Å². The Kier molecular flexibility index (Phi) is 4.24. The molecule has 0 nitrogen and oxygen atoms in total. The van der Waals surface area contributed by atoms with E-state index < -0.39 is 0 Å². The molecule has 0 heterocycles. The molecular weight excluding hydrogens is 94.9 g/mol. The second kappa shape index (κ2) is 4.57. The molecule has 0 spiro atoms. The third-order valence-corrected chi connectivity index (χ3v) is 0.814. The summed E-state index contributed by atoms with van der Waals surface area (Å²) < 4.78 is 0. The van der Waals surface area contributed by atoms with E-state index in [4.69, 9.17) is 7.49 Å². The maximum absolute atomic E-state index is 5.19. The molecule has 0 aliphatic rings. The van der Waals surface area contributed by atoms with Crippen LogP contribution < -0.4 is 0 Å². The standard InChI is InChI=1S/C7H10B/c1-3-4-5-7(2)6-8/h3-6H,1-2H3/b4-3-,7-5-. The fourth-order valence-corrected chi connectivity index (χ4v) is 0.304. The quantitative estimate of drug-likeness (QED) is 0.368. The molecule has 8 heavy (non-hydrogen) atoms. The zero-order valence-electron chi connectivity index (χ0n) is 5.39. The van der Waals surface area contributed by atoms with E-state index in [9.17, 15) is 0 Å². The molecule has 0 atom stereocenters. The van der Waals surface area contributed by atoms with Crippen LogP contribution in [0.5, 0.6) is 0 Å². The summed E-state index contributed by atoms with van der Waals surface area (Å²) in [4.78, 5) is 0. The molecule has 0 N–H and O–H groups in total. The summed E-state index contributed by atoms with van der Waals surface area (Å²) in [5.41, 5.74) is 1.09. The second-order valence-corrected chi connectivity index (χ2v) is 1.60. The average molecular weight is 105 g/mol. The third kappa shape index (κ3) is 3.60. The fraction of sp³-hybridized carbons (Fsp3) is 0.286. The Bertz CT molecular complexity index is 120. The SMILES string of the molecule is [B]=C/C(C)=C\C=C/C. The molecule has 0 aliphatic carbocycles. The van der Waals surface area contributed by atoms with Crippen molar-refractivity contribution < 1.29 is 0 Å². The van der Waals surface area contributed by atoms with E-state index in [1.807, 2.05) is 32.1 Å². The molecule has 0 saturated carbocycles. The summed E-state index contributed by atoms with van der Waals surface area (Å²) in [6.07, 6.45) is 5.88. The van der Waals surface area contributed by atoms with Crippen molar-refractivity contribution in [2.24, 2.45) is 0 Å². The van der Waals surface area contributed by atoms with E-state index in [2.05, 4.69) is 0 Å². The summed E-state index contributed by atoms with van der Waals surface area (Å²) >= 11 is 0. The van der Waals surface area contributed by atoms with Crippen LogP contribution in [-0.4, -0.2) is 13.5 Å². The van der Waals surface area contributed by atoms with Gasteiger partial charge in [-0.15, -0.1) is 0 Å². The van der Waals surface area contributed by atoms with Gasteiger partial charge in [-0.2, -0.15) is 0 Å². The number of hydrogen-bond acceptors (Lipinski definition) is 0. The molecule has 0 aliphatic heterocycles. The first-order valence-electron chi connectivity index (χ1n) is 2.65. The Balaban J connectivity index is 3.74. The Morgan fingerprint density at radius 2 is 2.12 bits per heavy atom. The van der Waals surface area contributed by atoms with Crippen molar-refractivity contribution in [3.8, 4) is 0 Å². The predicted molar refractivity (Wildman–Crippen MR) is 40.4 cm³/mol. The van der Waals surface area contributed by atoms with Crippen molar-refractivity contribution in [3.05, 3.63) is 23.8 Å². The number of rotatable bonds is 2. The van der Waals surface area contributed by atoms with Gasteiger partial charge in [0.1, 0.15) is 0 Å². The Morgan fingerprint density at radius 1 is 1.50 bits per heavy atom. The van der Waals surface area contributed by atoms with Crippen molar-refractivity contribution in [3.63, 3.8) is 0 Å². The molecule has 0 aromatic carbocycles. The van der Waals surface area contributed by atoms with Crippen LogP contribution in [0.4, 0.5) is 0 Å². The molecule has 0 unspecified atom stereocenters. The van der Waals surface area contributed by atoms with Gasteiger partial charge in [0, 0.05) is 0 Å². The van der Waals surface area contributed by atoms with Crippen molar-refractivity contribution >= 4 is 13.5 Å². The van der Waals surface area contributed by atoms with E-state index in [1.54, 1.807) is 5.97 Å². The van der Waals surface area contributed by atoms with Gasteiger partial charge in [-0.25, -0.2) is 0 Å².